The number of anilines is 1. The average molecular weight is 370 g/mol. The molecule has 3 nitrogen and oxygen atoms in total. The lowest BCUT2D eigenvalue weighted by atomic mass is 9.87. The van der Waals surface area contributed by atoms with Crippen molar-refractivity contribution < 1.29 is 4.79 Å². The van der Waals surface area contributed by atoms with Crippen LogP contribution in [0.15, 0.2) is 66.7 Å². The van der Waals surface area contributed by atoms with Gasteiger partial charge in [0.15, 0.2) is 0 Å². The van der Waals surface area contributed by atoms with Crippen molar-refractivity contribution >= 4 is 33.4 Å². The number of para-hydroxylation sites is 1. The number of carbonyl (C=O) groups excluding carboxylic acids is 1. The Morgan fingerprint density at radius 1 is 0.893 bits per heavy atom. The summed E-state index contributed by atoms with van der Waals surface area (Å²) in [5.41, 5.74) is 5.20. The SMILES string of the molecule is CCn1c2ccccc2c2cc(NC(=O)c3ccc(C(C)(C)C)cc3)ccc21. The molecule has 0 saturated carbocycles. The number of aryl methyl sites for hydroxylation is 1. The number of benzene rings is 3. The van der Waals surface area contributed by atoms with E-state index in [1.807, 2.05) is 30.3 Å². The Morgan fingerprint density at radius 3 is 2.25 bits per heavy atom. The fraction of sp³-hybridized carbons (Fsp3) is 0.240. The van der Waals surface area contributed by atoms with Crippen LogP contribution in [0, 0.1) is 0 Å². The number of carbonyl (C=O) groups is 1. The molecule has 0 atom stereocenters. The summed E-state index contributed by atoms with van der Waals surface area (Å²) in [7, 11) is 0. The average Bonchev–Trinajstić information content (AvgIpc) is 3.00. The highest BCUT2D eigenvalue weighted by molar-refractivity contribution is 6.11. The van der Waals surface area contributed by atoms with Gasteiger partial charge in [0.1, 0.15) is 0 Å². The Morgan fingerprint density at radius 2 is 1.57 bits per heavy atom. The minimum atomic E-state index is -0.0842. The van der Waals surface area contributed by atoms with E-state index in [1.54, 1.807) is 0 Å². The number of amides is 1. The van der Waals surface area contributed by atoms with Gasteiger partial charge in [-0.25, -0.2) is 0 Å². The van der Waals surface area contributed by atoms with Crippen molar-refractivity contribution in [3.8, 4) is 0 Å². The molecule has 1 N–H and O–H groups in total. The van der Waals surface area contributed by atoms with Gasteiger partial charge in [0, 0.05) is 39.6 Å². The third-order valence-corrected chi connectivity index (χ3v) is 5.36. The smallest absolute Gasteiger partial charge is 0.255 e. The lowest BCUT2D eigenvalue weighted by Gasteiger charge is -2.19. The second kappa shape index (κ2) is 6.83. The predicted molar refractivity (Wildman–Crippen MR) is 118 cm³/mol. The molecule has 0 radical (unpaired) electrons. The van der Waals surface area contributed by atoms with E-state index in [1.165, 1.54) is 27.4 Å². The number of hydrogen-bond donors (Lipinski definition) is 1. The molecule has 1 amide bonds. The third kappa shape index (κ3) is 3.18. The summed E-state index contributed by atoms with van der Waals surface area (Å²) < 4.78 is 2.31. The Balaban J connectivity index is 1.66. The van der Waals surface area contributed by atoms with Gasteiger partial charge in [-0.15, -0.1) is 0 Å². The van der Waals surface area contributed by atoms with E-state index in [9.17, 15) is 4.79 Å². The molecule has 0 aliphatic carbocycles. The molecule has 0 aliphatic heterocycles. The molecule has 0 spiro atoms. The van der Waals surface area contributed by atoms with E-state index < -0.39 is 0 Å². The van der Waals surface area contributed by atoms with Crippen molar-refractivity contribution in [3.63, 3.8) is 0 Å². The molecule has 142 valence electrons. The van der Waals surface area contributed by atoms with Crippen molar-refractivity contribution in [1.82, 2.24) is 4.57 Å². The van der Waals surface area contributed by atoms with Crippen molar-refractivity contribution in [1.29, 1.82) is 0 Å². The minimum absolute atomic E-state index is 0.0769. The zero-order valence-electron chi connectivity index (χ0n) is 16.9. The standard InChI is InChI=1S/C25H26N2O/c1-5-27-22-9-7-6-8-20(22)21-16-19(14-15-23(21)27)26-24(28)17-10-12-18(13-11-17)25(2,3)4/h6-16H,5H2,1-4H3,(H,26,28). The molecule has 0 bridgehead atoms. The summed E-state index contributed by atoms with van der Waals surface area (Å²) in [5.74, 6) is -0.0842. The number of nitrogens with zero attached hydrogens (tertiary/aromatic N) is 1. The van der Waals surface area contributed by atoms with Crippen LogP contribution in [0.25, 0.3) is 21.8 Å². The predicted octanol–water partition coefficient (Wildman–Crippen LogP) is 6.36. The highest BCUT2D eigenvalue weighted by atomic mass is 16.1. The molecule has 0 fully saturated rings. The minimum Gasteiger partial charge on any atom is -0.341 e. The van der Waals surface area contributed by atoms with Crippen molar-refractivity contribution in [2.24, 2.45) is 0 Å². The van der Waals surface area contributed by atoms with E-state index in [0.717, 1.165) is 12.2 Å². The van der Waals surface area contributed by atoms with E-state index in [-0.39, 0.29) is 11.3 Å². The van der Waals surface area contributed by atoms with Crippen LogP contribution >= 0.6 is 0 Å². The summed E-state index contributed by atoms with van der Waals surface area (Å²) >= 11 is 0. The third-order valence-electron chi connectivity index (χ3n) is 5.36. The number of fused-ring (bicyclic) bond motifs is 3. The van der Waals surface area contributed by atoms with Gasteiger partial charge in [-0.3, -0.25) is 4.79 Å². The molecule has 1 aromatic heterocycles. The van der Waals surface area contributed by atoms with E-state index in [2.05, 4.69) is 74.0 Å². The number of aromatic nitrogens is 1. The zero-order valence-corrected chi connectivity index (χ0v) is 16.9. The van der Waals surface area contributed by atoms with Crippen LogP contribution in [0.4, 0.5) is 5.69 Å². The first-order chi connectivity index (χ1) is 13.4. The molecule has 3 heteroatoms. The molecule has 4 rings (SSSR count). The van der Waals surface area contributed by atoms with Crippen LogP contribution in [-0.4, -0.2) is 10.5 Å². The summed E-state index contributed by atoms with van der Waals surface area (Å²) in [6, 6.07) is 22.4. The summed E-state index contributed by atoms with van der Waals surface area (Å²) in [6.07, 6.45) is 0. The van der Waals surface area contributed by atoms with Crippen LogP contribution in [-0.2, 0) is 12.0 Å². The molecule has 3 aromatic carbocycles. The quantitative estimate of drug-likeness (QED) is 0.447. The summed E-state index contributed by atoms with van der Waals surface area (Å²) in [6.45, 7) is 9.58. The largest absolute Gasteiger partial charge is 0.341 e. The Kier molecular flexibility index (Phi) is 4.46. The molecule has 0 aliphatic rings. The fourth-order valence-corrected chi connectivity index (χ4v) is 3.80. The van der Waals surface area contributed by atoms with Gasteiger partial charge >= 0.3 is 0 Å². The van der Waals surface area contributed by atoms with E-state index in [4.69, 9.17) is 0 Å². The molecule has 4 aromatic rings. The Bertz CT molecular complexity index is 1160. The normalized spacial score (nSPS) is 11.9. The van der Waals surface area contributed by atoms with Crippen molar-refractivity contribution in [2.45, 2.75) is 39.7 Å². The maximum Gasteiger partial charge on any atom is 0.255 e. The maximum absolute atomic E-state index is 12.7. The number of rotatable bonds is 3. The van der Waals surface area contributed by atoms with Gasteiger partial charge in [0.25, 0.3) is 5.91 Å². The first kappa shape index (κ1) is 18.3. The first-order valence-electron chi connectivity index (χ1n) is 9.81. The van der Waals surface area contributed by atoms with Gasteiger partial charge < -0.3 is 9.88 Å². The molecular weight excluding hydrogens is 344 g/mol. The fourth-order valence-electron chi connectivity index (χ4n) is 3.80. The second-order valence-electron chi connectivity index (χ2n) is 8.27. The van der Waals surface area contributed by atoms with Crippen LogP contribution < -0.4 is 5.32 Å². The zero-order chi connectivity index (χ0) is 19.9. The highest BCUT2D eigenvalue weighted by Gasteiger charge is 2.15. The monoisotopic (exact) mass is 370 g/mol. The van der Waals surface area contributed by atoms with E-state index >= 15 is 0 Å². The number of nitrogens with one attached hydrogen (secondary N) is 1. The lowest BCUT2D eigenvalue weighted by Crippen LogP contribution is -2.14. The van der Waals surface area contributed by atoms with Gasteiger partial charge in [0.05, 0.1) is 0 Å². The van der Waals surface area contributed by atoms with Gasteiger partial charge in [-0.2, -0.15) is 0 Å². The number of hydrogen-bond acceptors (Lipinski definition) is 1. The summed E-state index contributed by atoms with van der Waals surface area (Å²) in [5, 5.41) is 5.43. The molecule has 28 heavy (non-hydrogen) atoms. The molecule has 0 unspecified atom stereocenters. The van der Waals surface area contributed by atoms with Crippen molar-refractivity contribution in [3.05, 3.63) is 77.9 Å². The van der Waals surface area contributed by atoms with E-state index in [0.29, 0.717) is 5.56 Å². The molecule has 0 saturated heterocycles. The summed E-state index contributed by atoms with van der Waals surface area (Å²) in [4.78, 5) is 12.7. The van der Waals surface area contributed by atoms with Crippen LogP contribution in [0.1, 0.15) is 43.6 Å². The molecular formula is C25H26N2O. The van der Waals surface area contributed by atoms with Gasteiger partial charge in [0.2, 0.25) is 0 Å². The first-order valence-corrected chi connectivity index (χ1v) is 9.81. The second-order valence-corrected chi connectivity index (χ2v) is 8.27. The van der Waals surface area contributed by atoms with Crippen molar-refractivity contribution in [2.75, 3.05) is 5.32 Å². The maximum atomic E-state index is 12.7. The molecule has 1 heterocycles. The Hall–Kier alpha value is -3.07. The Labute approximate surface area is 166 Å². The van der Waals surface area contributed by atoms with Gasteiger partial charge in [-0.1, -0.05) is 51.1 Å². The van der Waals surface area contributed by atoms with Crippen LogP contribution in [0.3, 0.4) is 0 Å². The lowest BCUT2D eigenvalue weighted by molar-refractivity contribution is 0.102. The topological polar surface area (TPSA) is 34.0 Å². The van der Waals surface area contributed by atoms with Crippen LogP contribution in [0.5, 0.6) is 0 Å². The highest BCUT2D eigenvalue weighted by Crippen LogP contribution is 2.31. The van der Waals surface area contributed by atoms with Crippen LogP contribution in [0.2, 0.25) is 0 Å². The van der Waals surface area contributed by atoms with Gasteiger partial charge in [-0.05, 0) is 54.3 Å².